The van der Waals surface area contributed by atoms with Crippen LogP contribution < -0.4 is 10.6 Å². The van der Waals surface area contributed by atoms with Gasteiger partial charge in [-0.3, -0.25) is 4.79 Å². The molecule has 0 bridgehead atoms. The van der Waals surface area contributed by atoms with Crippen molar-refractivity contribution >= 4 is 44.8 Å². The maximum Gasteiger partial charge on any atom is 0.251 e. The molecule has 0 aliphatic carbocycles. The molecule has 0 aliphatic rings. The van der Waals surface area contributed by atoms with Crippen LogP contribution >= 0.6 is 27.3 Å². The highest BCUT2D eigenvalue weighted by molar-refractivity contribution is 9.11. The summed E-state index contributed by atoms with van der Waals surface area (Å²) in [6.45, 7) is 0.508. The van der Waals surface area contributed by atoms with Gasteiger partial charge in [0.1, 0.15) is 0 Å². The highest BCUT2D eigenvalue weighted by Gasteiger charge is 2.07. The third kappa shape index (κ3) is 4.37. The molecule has 0 fully saturated rings. The quantitative estimate of drug-likeness (QED) is 0.693. The second-order valence-electron chi connectivity index (χ2n) is 4.67. The summed E-state index contributed by atoms with van der Waals surface area (Å²) in [6.07, 6.45) is 3.32. The molecule has 2 heterocycles. The average Bonchev–Trinajstić information content (AvgIpc) is 2.99. The Kier molecular flexibility index (Phi) is 4.99. The molecule has 3 rings (SSSR count). The van der Waals surface area contributed by atoms with Crippen molar-refractivity contribution in [3.63, 3.8) is 0 Å². The molecule has 0 saturated heterocycles. The first-order valence-electron chi connectivity index (χ1n) is 6.87. The van der Waals surface area contributed by atoms with E-state index in [2.05, 4.69) is 36.5 Å². The van der Waals surface area contributed by atoms with E-state index in [0.717, 1.165) is 14.4 Å². The topological polar surface area (TPSA) is 66.9 Å². The number of carbonyl (C=O) groups is 1. The van der Waals surface area contributed by atoms with E-state index in [1.54, 1.807) is 41.9 Å². The molecule has 1 aromatic carbocycles. The van der Waals surface area contributed by atoms with Gasteiger partial charge >= 0.3 is 0 Å². The monoisotopic (exact) mass is 388 g/mol. The van der Waals surface area contributed by atoms with E-state index in [1.165, 1.54) is 0 Å². The van der Waals surface area contributed by atoms with Gasteiger partial charge in [0.25, 0.3) is 5.91 Å². The zero-order valence-corrected chi connectivity index (χ0v) is 14.4. The molecule has 0 saturated carbocycles. The smallest absolute Gasteiger partial charge is 0.251 e. The molecule has 5 nitrogen and oxygen atoms in total. The summed E-state index contributed by atoms with van der Waals surface area (Å²) in [5.74, 6) is 0.376. The summed E-state index contributed by atoms with van der Waals surface area (Å²) in [6, 6.07) is 12.9. The van der Waals surface area contributed by atoms with E-state index in [-0.39, 0.29) is 5.91 Å². The molecule has 0 aliphatic heterocycles. The number of hydrogen-bond acceptors (Lipinski definition) is 5. The molecule has 2 aromatic heterocycles. The normalized spacial score (nSPS) is 10.3. The van der Waals surface area contributed by atoms with Crippen LogP contribution in [0, 0.1) is 0 Å². The number of aromatic nitrogens is 2. The predicted octanol–water partition coefficient (Wildman–Crippen LogP) is 3.97. The van der Waals surface area contributed by atoms with E-state index in [9.17, 15) is 4.79 Å². The van der Waals surface area contributed by atoms with Crippen LogP contribution in [0.15, 0.2) is 58.6 Å². The summed E-state index contributed by atoms with van der Waals surface area (Å²) in [7, 11) is 0. The van der Waals surface area contributed by atoms with Gasteiger partial charge in [-0.1, -0.05) is 6.07 Å². The number of rotatable bonds is 5. The van der Waals surface area contributed by atoms with E-state index in [0.29, 0.717) is 18.1 Å². The van der Waals surface area contributed by atoms with Crippen LogP contribution in [0.3, 0.4) is 0 Å². The Labute approximate surface area is 145 Å². The van der Waals surface area contributed by atoms with Gasteiger partial charge in [-0.15, -0.1) is 11.3 Å². The molecule has 2 N–H and O–H groups in total. The number of thiophene rings is 1. The second-order valence-corrected chi connectivity index (χ2v) is 7.21. The Balaban J connectivity index is 1.65. The van der Waals surface area contributed by atoms with Crippen molar-refractivity contribution in [2.75, 3.05) is 5.32 Å². The predicted molar refractivity (Wildman–Crippen MR) is 94.9 cm³/mol. The lowest BCUT2D eigenvalue weighted by atomic mass is 10.2. The van der Waals surface area contributed by atoms with E-state index in [4.69, 9.17) is 0 Å². The fraction of sp³-hybridized carbons (Fsp3) is 0.0625. The van der Waals surface area contributed by atoms with E-state index in [1.807, 2.05) is 24.3 Å². The molecule has 3 aromatic rings. The molecular formula is C16H13BrN4OS. The Morgan fingerprint density at radius 3 is 2.70 bits per heavy atom. The lowest BCUT2D eigenvalue weighted by Crippen LogP contribution is -2.22. The standard InChI is InChI=1S/C16H13BrN4OS/c17-14-6-5-13(23-14)10-20-15(22)11-3-1-4-12(9-11)21-16-18-7-2-8-19-16/h1-9H,10H2,(H,20,22)(H,18,19,21). The summed E-state index contributed by atoms with van der Waals surface area (Å²) >= 11 is 5.01. The van der Waals surface area contributed by atoms with Gasteiger partial charge in [0.2, 0.25) is 5.95 Å². The first-order chi connectivity index (χ1) is 11.2. The van der Waals surface area contributed by atoms with Crippen LogP contribution in [-0.2, 0) is 6.54 Å². The molecule has 0 unspecified atom stereocenters. The van der Waals surface area contributed by atoms with Crippen LogP contribution in [0.25, 0.3) is 0 Å². The Morgan fingerprint density at radius 1 is 1.13 bits per heavy atom. The van der Waals surface area contributed by atoms with Gasteiger partial charge in [0.05, 0.1) is 10.3 Å². The number of carbonyl (C=O) groups excluding carboxylic acids is 1. The van der Waals surface area contributed by atoms with Gasteiger partial charge in [-0.05, 0) is 52.3 Å². The van der Waals surface area contributed by atoms with Crippen LogP contribution in [-0.4, -0.2) is 15.9 Å². The Bertz CT molecular complexity index is 807. The summed E-state index contributed by atoms with van der Waals surface area (Å²) in [4.78, 5) is 21.5. The van der Waals surface area contributed by atoms with Crippen molar-refractivity contribution in [1.82, 2.24) is 15.3 Å². The van der Waals surface area contributed by atoms with Crippen molar-refractivity contribution in [2.45, 2.75) is 6.54 Å². The number of halogens is 1. The second kappa shape index (κ2) is 7.34. The van der Waals surface area contributed by atoms with Crippen molar-refractivity contribution in [3.8, 4) is 0 Å². The number of nitrogens with zero attached hydrogens (tertiary/aromatic N) is 2. The fourth-order valence-corrected chi connectivity index (χ4v) is 3.37. The third-order valence-corrected chi connectivity index (χ3v) is 4.62. The van der Waals surface area contributed by atoms with Gasteiger partial charge in [0, 0.05) is 28.5 Å². The SMILES string of the molecule is O=C(NCc1ccc(Br)s1)c1cccc(Nc2ncccn2)c1. The lowest BCUT2D eigenvalue weighted by Gasteiger charge is -2.07. The minimum absolute atomic E-state index is 0.118. The first-order valence-corrected chi connectivity index (χ1v) is 8.48. The molecule has 0 spiro atoms. The third-order valence-electron chi connectivity index (χ3n) is 3.00. The fourth-order valence-electron chi connectivity index (χ4n) is 1.95. The molecule has 1 amide bonds. The van der Waals surface area contributed by atoms with Crippen LogP contribution in [0.2, 0.25) is 0 Å². The average molecular weight is 389 g/mol. The lowest BCUT2D eigenvalue weighted by molar-refractivity contribution is 0.0951. The molecule has 7 heteroatoms. The molecule has 116 valence electrons. The van der Waals surface area contributed by atoms with E-state index >= 15 is 0 Å². The number of nitrogens with one attached hydrogen (secondary N) is 2. The van der Waals surface area contributed by atoms with Crippen molar-refractivity contribution in [3.05, 3.63) is 69.1 Å². The molecule has 0 atom stereocenters. The molecule has 0 radical (unpaired) electrons. The minimum Gasteiger partial charge on any atom is -0.347 e. The highest BCUT2D eigenvalue weighted by Crippen LogP contribution is 2.22. The van der Waals surface area contributed by atoms with E-state index < -0.39 is 0 Å². The maximum atomic E-state index is 12.3. The first kappa shape index (κ1) is 15.6. The zero-order valence-electron chi connectivity index (χ0n) is 12.0. The summed E-state index contributed by atoms with van der Waals surface area (Å²) < 4.78 is 1.05. The van der Waals surface area contributed by atoms with Gasteiger partial charge in [-0.2, -0.15) is 0 Å². The van der Waals surface area contributed by atoms with Gasteiger partial charge in [-0.25, -0.2) is 9.97 Å². The largest absolute Gasteiger partial charge is 0.347 e. The summed E-state index contributed by atoms with van der Waals surface area (Å²) in [5, 5.41) is 5.98. The molecular weight excluding hydrogens is 376 g/mol. The number of hydrogen-bond donors (Lipinski definition) is 2. The van der Waals surface area contributed by atoms with Crippen LogP contribution in [0.5, 0.6) is 0 Å². The molecule has 23 heavy (non-hydrogen) atoms. The van der Waals surface area contributed by atoms with Crippen molar-refractivity contribution in [1.29, 1.82) is 0 Å². The minimum atomic E-state index is -0.118. The van der Waals surface area contributed by atoms with Crippen molar-refractivity contribution in [2.24, 2.45) is 0 Å². The van der Waals surface area contributed by atoms with Crippen molar-refractivity contribution < 1.29 is 4.79 Å². The van der Waals surface area contributed by atoms with Gasteiger partial charge < -0.3 is 10.6 Å². The number of benzene rings is 1. The van der Waals surface area contributed by atoms with Gasteiger partial charge in [0.15, 0.2) is 0 Å². The number of anilines is 2. The Hall–Kier alpha value is -2.25. The summed E-state index contributed by atoms with van der Waals surface area (Å²) in [5.41, 5.74) is 1.35. The maximum absolute atomic E-state index is 12.3. The highest BCUT2D eigenvalue weighted by atomic mass is 79.9. The zero-order chi connectivity index (χ0) is 16.1. The Morgan fingerprint density at radius 2 is 1.96 bits per heavy atom. The number of amides is 1. The van der Waals surface area contributed by atoms with Crippen LogP contribution in [0.4, 0.5) is 11.6 Å². The van der Waals surface area contributed by atoms with Crippen LogP contribution in [0.1, 0.15) is 15.2 Å².